The van der Waals surface area contributed by atoms with Crippen LogP contribution in [0.4, 0.5) is 10.5 Å². The predicted octanol–water partition coefficient (Wildman–Crippen LogP) is 3.29. The number of ether oxygens (including phenoxy) is 1. The summed E-state index contributed by atoms with van der Waals surface area (Å²) >= 11 is 0. The van der Waals surface area contributed by atoms with Gasteiger partial charge in [0.25, 0.3) is 0 Å². The molecule has 24 heavy (non-hydrogen) atoms. The van der Waals surface area contributed by atoms with Crippen molar-refractivity contribution in [3.63, 3.8) is 0 Å². The predicted molar refractivity (Wildman–Crippen MR) is 98.3 cm³/mol. The first-order valence-electron chi connectivity index (χ1n) is 8.81. The van der Waals surface area contributed by atoms with E-state index in [1.54, 1.807) is 0 Å². The highest BCUT2D eigenvalue weighted by Gasteiger charge is 2.21. The highest BCUT2D eigenvalue weighted by molar-refractivity contribution is 5.68. The second-order valence-electron chi connectivity index (χ2n) is 7.76. The lowest BCUT2D eigenvalue weighted by atomic mass is 10.0. The van der Waals surface area contributed by atoms with Crippen LogP contribution in [0.1, 0.15) is 45.7 Å². The van der Waals surface area contributed by atoms with Crippen molar-refractivity contribution < 1.29 is 9.53 Å². The smallest absolute Gasteiger partial charge is 0.407 e. The zero-order chi connectivity index (χ0) is 17.7. The molecule has 0 saturated heterocycles. The van der Waals surface area contributed by atoms with Crippen LogP contribution in [0.5, 0.6) is 0 Å². The minimum absolute atomic E-state index is 0.0320. The molecule has 1 amide bonds. The number of rotatable bonds is 6. The summed E-state index contributed by atoms with van der Waals surface area (Å²) in [6.45, 7) is 12.3. The quantitative estimate of drug-likeness (QED) is 0.747. The first-order valence-corrected chi connectivity index (χ1v) is 8.81. The SMILES string of the molecule is CC(C)C(CNCc1cccc2c1NCC2)NC(=O)OC(C)(C)C. The van der Waals surface area contributed by atoms with Gasteiger partial charge >= 0.3 is 6.09 Å². The fourth-order valence-electron chi connectivity index (χ4n) is 2.83. The normalized spacial score (nSPS) is 14.9. The van der Waals surface area contributed by atoms with E-state index in [1.807, 2.05) is 20.8 Å². The second-order valence-corrected chi connectivity index (χ2v) is 7.76. The molecule has 0 aromatic heterocycles. The Morgan fingerprint density at radius 3 is 2.75 bits per heavy atom. The average Bonchev–Trinajstić information content (AvgIpc) is 2.93. The molecule has 134 valence electrons. The van der Waals surface area contributed by atoms with Gasteiger partial charge in [0.2, 0.25) is 0 Å². The summed E-state index contributed by atoms with van der Waals surface area (Å²) in [7, 11) is 0. The van der Waals surface area contributed by atoms with Crippen molar-refractivity contribution in [2.75, 3.05) is 18.4 Å². The monoisotopic (exact) mass is 333 g/mol. The molecule has 1 unspecified atom stereocenters. The van der Waals surface area contributed by atoms with E-state index in [-0.39, 0.29) is 12.1 Å². The topological polar surface area (TPSA) is 62.4 Å². The van der Waals surface area contributed by atoms with E-state index in [0.29, 0.717) is 12.5 Å². The Balaban J connectivity index is 1.86. The number of hydrogen-bond donors (Lipinski definition) is 3. The standard InChI is InChI=1S/C19H31N3O2/c1-13(2)16(22-18(23)24-19(3,4)5)12-20-11-15-8-6-7-14-9-10-21-17(14)15/h6-8,13,16,20-21H,9-12H2,1-5H3,(H,22,23). The minimum Gasteiger partial charge on any atom is -0.444 e. The van der Waals surface area contributed by atoms with Crippen molar-refractivity contribution in [2.24, 2.45) is 5.92 Å². The number of nitrogens with one attached hydrogen (secondary N) is 3. The van der Waals surface area contributed by atoms with Crippen molar-refractivity contribution in [3.8, 4) is 0 Å². The summed E-state index contributed by atoms with van der Waals surface area (Å²) in [4.78, 5) is 12.0. The molecule has 1 aromatic carbocycles. The van der Waals surface area contributed by atoms with E-state index in [2.05, 4.69) is 48.0 Å². The van der Waals surface area contributed by atoms with Crippen LogP contribution in [-0.2, 0) is 17.7 Å². The summed E-state index contributed by atoms with van der Waals surface area (Å²) in [5, 5.41) is 9.90. The maximum atomic E-state index is 12.0. The van der Waals surface area contributed by atoms with Gasteiger partial charge < -0.3 is 20.7 Å². The number of alkyl carbamates (subject to hydrolysis) is 1. The molecule has 0 aliphatic carbocycles. The third kappa shape index (κ3) is 5.41. The number of para-hydroxylation sites is 1. The van der Waals surface area contributed by atoms with Crippen LogP contribution in [0.25, 0.3) is 0 Å². The van der Waals surface area contributed by atoms with Gasteiger partial charge in [-0.25, -0.2) is 4.79 Å². The molecular formula is C19H31N3O2. The minimum atomic E-state index is -0.477. The van der Waals surface area contributed by atoms with Crippen molar-refractivity contribution in [2.45, 2.75) is 59.2 Å². The van der Waals surface area contributed by atoms with Gasteiger partial charge in [-0.2, -0.15) is 0 Å². The number of hydrogen-bond acceptors (Lipinski definition) is 4. The first-order chi connectivity index (χ1) is 11.3. The molecule has 0 radical (unpaired) electrons. The molecule has 2 rings (SSSR count). The zero-order valence-electron chi connectivity index (χ0n) is 15.5. The second kappa shape index (κ2) is 7.88. The summed E-state index contributed by atoms with van der Waals surface area (Å²) in [5.41, 5.74) is 3.47. The lowest BCUT2D eigenvalue weighted by molar-refractivity contribution is 0.0490. The lowest BCUT2D eigenvalue weighted by Crippen LogP contribution is -2.47. The van der Waals surface area contributed by atoms with E-state index in [0.717, 1.165) is 19.5 Å². The molecule has 1 aliphatic heterocycles. The molecule has 1 atom stereocenters. The molecule has 1 aromatic rings. The molecule has 1 aliphatic rings. The number of fused-ring (bicyclic) bond motifs is 1. The van der Waals surface area contributed by atoms with Gasteiger partial charge in [-0.3, -0.25) is 0 Å². The fraction of sp³-hybridized carbons (Fsp3) is 0.632. The Bertz CT molecular complexity index is 564. The van der Waals surface area contributed by atoms with Gasteiger partial charge in [0.05, 0.1) is 0 Å². The summed E-state index contributed by atoms with van der Waals surface area (Å²) < 4.78 is 5.36. The van der Waals surface area contributed by atoms with E-state index in [9.17, 15) is 4.79 Å². The fourth-order valence-corrected chi connectivity index (χ4v) is 2.83. The zero-order valence-corrected chi connectivity index (χ0v) is 15.5. The Labute approximate surface area is 145 Å². The Hall–Kier alpha value is -1.75. The Morgan fingerprint density at radius 2 is 2.08 bits per heavy atom. The summed E-state index contributed by atoms with van der Waals surface area (Å²) in [6.07, 6.45) is 0.739. The molecule has 5 heteroatoms. The highest BCUT2D eigenvalue weighted by atomic mass is 16.6. The van der Waals surface area contributed by atoms with Crippen LogP contribution in [0, 0.1) is 5.92 Å². The van der Waals surface area contributed by atoms with E-state index < -0.39 is 5.60 Å². The molecule has 3 N–H and O–H groups in total. The van der Waals surface area contributed by atoms with Crippen molar-refractivity contribution in [3.05, 3.63) is 29.3 Å². The Kier molecular flexibility index (Phi) is 6.10. The molecule has 0 spiro atoms. The molecule has 1 heterocycles. The maximum Gasteiger partial charge on any atom is 0.407 e. The molecular weight excluding hydrogens is 302 g/mol. The number of amides is 1. The number of anilines is 1. The maximum absolute atomic E-state index is 12.0. The van der Waals surface area contributed by atoms with Crippen LogP contribution >= 0.6 is 0 Å². The largest absolute Gasteiger partial charge is 0.444 e. The van der Waals surface area contributed by atoms with Gasteiger partial charge in [-0.15, -0.1) is 0 Å². The molecule has 0 fully saturated rings. The molecule has 0 bridgehead atoms. The van der Waals surface area contributed by atoms with Crippen molar-refractivity contribution >= 4 is 11.8 Å². The number of carbonyl (C=O) groups is 1. The third-order valence-electron chi connectivity index (χ3n) is 4.12. The van der Waals surface area contributed by atoms with Gasteiger partial charge in [0, 0.05) is 31.4 Å². The van der Waals surface area contributed by atoms with Gasteiger partial charge in [-0.05, 0) is 44.2 Å². The van der Waals surface area contributed by atoms with Gasteiger partial charge in [-0.1, -0.05) is 32.0 Å². The van der Waals surface area contributed by atoms with E-state index >= 15 is 0 Å². The van der Waals surface area contributed by atoms with Crippen molar-refractivity contribution in [1.29, 1.82) is 0 Å². The highest BCUT2D eigenvalue weighted by Crippen LogP contribution is 2.26. The average molecular weight is 333 g/mol. The van der Waals surface area contributed by atoms with Crippen LogP contribution in [0.3, 0.4) is 0 Å². The van der Waals surface area contributed by atoms with Crippen LogP contribution in [0.15, 0.2) is 18.2 Å². The van der Waals surface area contributed by atoms with Gasteiger partial charge in [0.1, 0.15) is 5.60 Å². The third-order valence-corrected chi connectivity index (χ3v) is 4.12. The van der Waals surface area contributed by atoms with Crippen LogP contribution < -0.4 is 16.0 Å². The van der Waals surface area contributed by atoms with Crippen LogP contribution in [-0.4, -0.2) is 30.8 Å². The van der Waals surface area contributed by atoms with Crippen LogP contribution in [0.2, 0.25) is 0 Å². The van der Waals surface area contributed by atoms with E-state index in [1.165, 1.54) is 16.8 Å². The van der Waals surface area contributed by atoms with E-state index in [4.69, 9.17) is 4.74 Å². The van der Waals surface area contributed by atoms with Crippen molar-refractivity contribution in [1.82, 2.24) is 10.6 Å². The number of carbonyl (C=O) groups excluding carboxylic acids is 1. The van der Waals surface area contributed by atoms with Gasteiger partial charge in [0.15, 0.2) is 0 Å². The molecule has 5 nitrogen and oxygen atoms in total. The summed E-state index contributed by atoms with van der Waals surface area (Å²) in [5.74, 6) is 0.324. The number of benzene rings is 1. The molecule has 0 saturated carbocycles. The Morgan fingerprint density at radius 1 is 1.33 bits per heavy atom. The lowest BCUT2D eigenvalue weighted by Gasteiger charge is -2.26. The summed E-state index contributed by atoms with van der Waals surface area (Å²) in [6, 6.07) is 6.47. The first kappa shape index (κ1) is 18.6.